The number of aromatic nitrogens is 2. The van der Waals surface area contributed by atoms with Crippen molar-refractivity contribution in [3.05, 3.63) is 53.1 Å². The summed E-state index contributed by atoms with van der Waals surface area (Å²) < 4.78 is 7.75. The highest BCUT2D eigenvalue weighted by molar-refractivity contribution is 7.80. The Kier molecular flexibility index (Phi) is 6.60. The molecule has 1 saturated heterocycles. The van der Waals surface area contributed by atoms with E-state index >= 15 is 0 Å². The minimum atomic E-state index is -0.264. The third kappa shape index (κ3) is 4.33. The summed E-state index contributed by atoms with van der Waals surface area (Å²) in [6.07, 6.45) is 8.17. The van der Waals surface area contributed by atoms with Crippen LogP contribution in [0, 0.1) is 13.8 Å². The van der Waals surface area contributed by atoms with Crippen molar-refractivity contribution in [1.29, 1.82) is 0 Å². The fraction of sp³-hybridized carbons (Fsp3) is 0.542. The molecule has 7 heteroatoms. The minimum absolute atomic E-state index is 0.115. The van der Waals surface area contributed by atoms with Crippen molar-refractivity contribution in [3.8, 4) is 0 Å². The third-order valence-electron chi connectivity index (χ3n) is 6.58. The Balaban J connectivity index is 1.75. The molecule has 0 aromatic carbocycles. The lowest BCUT2D eigenvalue weighted by atomic mass is 9.94. The standard InChI is InChI=1S/C24H32N4O2S/c1-4-30-21(29)15-27-23(22(26-24(27)31)20-12-8-9-13-25-20)19-14-16(2)28(17(19)3)18-10-6-5-7-11-18/h8-9,12-14,18,22-23H,4-7,10-11,15H2,1-3H3,(H,26,31)/t22-,23-/m1/s1. The van der Waals surface area contributed by atoms with Crippen LogP contribution in [0.1, 0.15) is 79.8 Å². The highest BCUT2D eigenvalue weighted by Crippen LogP contribution is 2.42. The lowest BCUT2D eigenvalue weighted by Gasteiger charge is -2.29. The number of nitrogens with zero attached hydrogens (tertiary/aromatic N) is 3. The second-order valence-electron chi connectivity index (χ2n) is 8.55. The van der Waals surface area contributed by atoms with E-state index in [2.05, 4.69) is 34.8 Å². The number of ether oxygens (including phenoxy) is 1. The second kappa shape index (κ2) is 9.39. The van der Waals surface area contributed by atoms with Crippen molar-refractivity contribution < 1.29 is 9.53 Å². The minimum Gasteiger partial charge on any atom is -0.465 e. The lowest BCUT2D eigenvalue weighted by Crippen LogP contribution is -2.35. The smallest absolute Gasteiger partial charge is 0.325 e. The Morgan fingerprint density at radius 3 is 2.71 bits per heavy atom. The molecule has 3 heterocycles. The molecule has 2 aromatic rings. The average molecular weight is 441 g/mol. The Hall–Kier alpha value is -2.41. The van der Waals surface area contributed by atoms with Crippen LogP contribution in [0.3, 0.4) is 0 Å². The van der Waals surface area contributed by atoms with Gasteiger partial charge in [-0.3, -0.25) is 9.78 Å². The molecule has 1 N–H and O–H groups in total. The Morgan fingerprint density at radius 1 is 1.26 bits per heavy atom. The van der Waals surface area contributed by atoms with Crippen LogP contribution < -0.4 is 5.32 Å². The molecule has 166 valence electrons. The SMILES string of the molecule is CCOC(=O)CN1C(=S)N[C@H](c2ccccn2)[C@H]1c1cc(C)n(C2CCCCC2)c1C. The van der Waals surface area contributed by atoms with Gasteiger partial charge in [0.2, 0.25) is 0 Å². The van der Waals surface area contributed by atoms with E-state index in [0.717, 1.165) is 5.69 Å². The monoisotopic (exact) mass is 440 g/mol. The summed E-state index contributed by atoms with van der Waals surface area (Å²) in [5, 5.41) is 4.00. The summed E-state index contributed by atoms with van der Waals surface area (Å²) in [6.45, 7) is 6.70. The first-order valence-electron chi connectivity index (χ1n) is 11.3. The van der Waals surface area contributed by atoms with Gasteiger partial charge < -0.3 is 19.5 Å². The molecule has 0 amide bonds. The van der Waals surface area contributed by atoms with Gasteiger partial charge in [0, 0.05) is 23.6 Å². The largest absolute Gasteiger partial charge is 0.465 e. The van der Waals surface area contributed by atoms with Crippen LogP contribution in [0.2, 0.25) is 0 Å². The number of aryl methyl sites for hydroxylation is 1. The Bertz CT molecular complexity index is 937. The lowest BCUT2D eigenvalue weighted by molar-refractivity contribution is -0.143. The summed E-state index contributed by atoms with van der Waals surface area (Å²) in [4.78, 5) is 19.0. The maximum absolute atomic E-state index is 12.4. The number of hydrogen-bond acceptors (Lipinski definition) is 4. The van der Waals surface area contributed by atoms with Crippen LogP contribution in [0.15, 0.2) is 30.5 Å². The van der Waals surface area contributed by atoms with Crippen LogP contribution in [0.5, 0.6) is 0 Å². The molecular weight excluding hydrogens is 408 g/mol. The third-order valence-corrected chi connectivity index (χ3v) is 6.94. The molecule has 4 rings (SSSR count). The first-order chi connectivity index (χ1) is 15.0. The number of carbonyl (C=O) groups is 1. The van der Waals surface area contributed by atoms with Crippen LogP contribution >= 0.6 is 12.2 Å². The quantitative estimate of drug-likeness (QED) is 0.526. The van der Waals surface area contributed by atoms with Gasteiger partial charge in [0.15, 0.2) is 5.11 Å². The molecule has 1 aliphatic carbocycles. The number of nitrogens with one attached hydrogen (secondary N) is 1. The van der Waals surface area contributed by atoms with E-state index in [0.29, 0.717) is 17.8 Å². The number of pyridine rings is 1. The first-order valence-corrected chi connectivity index (χ1v) is 11.7. The summed E-state index contributed by atoms with van der Waals surface area (Å²) in [5.74, 6) is -0.264. The van der Waals surface area contributed by atoms with E-state index in [1.807, 2.05) is 30.0 Å². The molecule has 0 bridgehead atoms. The molecule has 2 aliphatic rings. The number of rotatable bonds is 6. The summed E-state index contributed by atoms with van der Waals surface area (Å²) in [5.41, 5.74) is 4.66. The van der Waals surface area contributed by atoms with Gasteiger partial charge in [-0.25, -0.2) is 0 Å². The van der Waals surface area contributed by atoms with Gasteiger partial charge in [0.25, 0.3) is 0 Å². The second-order valence-corrected chi connectivity index (χ2v) is 8.93. The van der Waals surface area contributed by atoms with Crippen molar-refractivity contribution in [2.45, 2.75) is 71.0 Å². The van der Waals surface area contributed by atoms with Crippen molar-refractivity contribution in [2.24, 2.45) is 0 Å². The topological polar surface area (TPSA) is 59.4 Å². The van der Waals surface area contributed by atoms with Crippen LogP contribution in [-0.4, -0.2) is 38.7 Å². The van der Waals surface area contributed by atoms with E-state index in [9.17, 15) is 4.79 Å². The highest BCUT2D eigenvalue weighted by atomic mass is 32.1. The molecule has 6 nitrogen and oxygen atoms in total. The fourth-order valence-corrected chi connectivity index (χ4v) is 5.57. The van der Waals surface area contributed by atoms with Gasteiger partial charge in [-0.1, -0.05) is 25.3 Å². The Labute approximate surface area is 190 Å². The average Bonchev–Trinajstić information content (AvgIpc) is 3.25. The molecule has 2 aromatic heterocycles. The van der Waals surface area contributed by atoms with E-state index in [4.69, 9.17) is 17.0 Å². The zero-order valence-electron chi connectivity index (χ0n) is 18.6. The van der Waals surface area contributed by atoms with E-state index in [1.54, 1.807) is 6.20 Å². The maximum Gasteiger partial charge on any atom is 0.325 e. The van der Waals surface area contributed by atoms with E-state index in [1.165, 1.54) is 49.1 Å². The van der Waals surface area contributed by atoms with Gasteiger partial charge in [-0.2, -0.15) is 0 Å². The highest BCUT2D eigenvalue weighted by Gasteiger charge is 2.42. The van der Waals surface area contributed by atoms with Crippen LogP contribution in [-0.2, 0) is 9.53 Å². The number of thiocarbonyl (C=S) groups is 1. The molecule has 2 atom stereocenters. The van der Waals surface area contributed by atoms with Crippen LogP contribution in [0.25, 0.3) is 0 Å². The molecular formula is C24H32N4O2S. The zero-order chi connectivity index (χ0) is 22.0. The normalized spacial score (nSPS) is 21.9. The zero-order valence-corrected chi connectivity index (χ0v) is 19.5. The summed E-state index contributed by atoms with van der Waals surface area (Å²) >= 11 is 5.68. The van der Waals surface area contributed by atoms with Crippen molar-refractivity contribution >= 4 is 23.3 Å². The number of esters is 1. The van der Waals surface area contributed by atoms with Gasteiger partial charge >= 0.3 is 5.97 Å². The molecule has 1 aliphatic heterocycles. The predicted molar refractivity (Wildman–Crippen MR) is 125 cm³/mol. The number of hydrogen-bond donors (Lipinski definition) is 1. The van der Waals surface area contributed by atoms with Crippen molar-refractivity contribution in [2.75, 3.05) is 13.2 Å². The van der Waals surface area contributed by atoms with Gasteiger partial charge in [0.1, 0.15) is 6.54 Å². The van der Waals surface area contributed by atoms with Crippen molar-refractivity contribution in [3.63, 3.8) is 0 Å². The number of carbonyl (C=O) groups excluding carboxylic acids is 1. The van der Waals surface area contributed by atoms with Crippen LogP contribution in [0.4, 0.5) is 0 Å². The van der Waals surface area contributed by atoms with Gasteiger partial charge in [-0.05, 0) is 69.6 Å². The fourth-order valence-electron chi connectivity index (χ4n) is 5.26. The summed E-state index contributed by atoms with van der Waals surface area (Å²) in [6, 6.07) is 8.51. The molecule has 0 radical (unpaired) electrons. The molecule has 1 saturated carbocycles. The first kappa shape index (κ1) is 21.8. The van der Waals surface area contributed by atoms with Crippen molar-refractivity contribution in [1.82, 2.24) is 19.8 Å². The maximum atomic E-state index is 12.4. The van der Waals surface area contributed by atoms with E-state index < -0.39 is 0 Å². The van der Waals surface area contributed by atoms with Gasteiger partial charge in [0.05, 0.1) is 24.4 Å². The molecule has 2 fully saturated rings. The van der Waals surface area contributed by atoms with Gasteiger partial charge in [-0.15, -0.1) is 0 Å². The Morgan fingerprint density at radius 2 is 2.03 bits per heavy atom. The predicted octanol–water partition coefficient (Wildman–Crippen LogP) is 4.54. The summed E-state index contributed by atoms with van der Waals surface area (Å²) in [7, 11) is 0. The molecule has 0 spiro atoms. The molecule has 31 heavy (non-hydrogen) atoms. The molecule has 0 unspecified atom stereocenters. The van der Waals surface area contributed by atoms with E-state index in [-0.39, 0.29) is 24.6 Å².